The molecule has 160 valence electrons. The average molecular weight is 445 g/mol. The molecule has 0 aliphatic heterocycles. The molecular formula is C15H22F3N3O5S2. The first kappa shape index (κ1) is 26.1. The normalized spacial score (nSPS) is 11.0. The molecule has 0 aliphatic rings. The van der Waals surface area contributed by atoms with E-state index in [4.69, 9.17) is 15.0 Å². The number of carbonyl (C=O) groups is 3. The van der Waals surface area contributed by atoms with Gasteiger partial charge in [0.2, 0.25) is 0 Å². The van der Waals surface area contributed by atoms with Crippen molar-refractivity contribution in [3.05, 3.63) is 17.5 Å². The summed E-state index contributed by atoms with van der Waals surface area (Å²) in [5.74, 6) is -2.09. The second-order valence-corrected chi connectivity index (χ2v) is 8.28. The fourth-order valence-corrected chi connectivity index (χ4v) is 3.58. The number of carbonyl (C=O) groups excluding carboxylic acids is 1. The minimum atomic E-state index is -5.08. The molecule has 13 heteroatoms. The Bertz CT molecular complexity index is 666. The smallest absolute Gasteiger partial charge is 0.481 e. The van der Waals surface area contributed by atoms with Gasteiger partial charge in [0.1, 0.15) is 5.69 Å². The molecule has 0 bridgehead atoms. The fraction of sp³-hybridized carbons (Fsp3) is 0.600. The number of carboxylic acid groups (broad SMARTS) is 2. The summed E-state index contributed by atoms with van der Waals surface area (Å²) in [6.07, 6.45) is -3.19. The van der Waals surface area contributed by atoms with Gasteiger partial charge in [-0.1, -0.05) is 35.4 Å². The van der Waals surface area contributed by atoms with Gasteiger partial charge in [-0.05, 0) is 5.92 Å². The summed E-state index contributed by atoms with van der Waals surface area (Å²) in [6, 6.07) is 0. The van der Waals surface area contributed by atoms with E-state index >= 15 is 0 Å². The summed E-state index contributed by atoms with van der Waals surface area (Å²) < 4.78 is 33.3. The van der Waals surface area contributed by atoms with E-state index in [-0.39, 0.29) is 18.2 Å². The number of hydrogen-bond acceptors (Lipinski definition) is 6. The van der Waals surface area contributed by atoms with Crippen LogP contribution in [0.2, 0.25) is 0 Å². The maximum atomic E-state index is 12.2. The van der Waals surface area contributed by atoms with Crippen molar-refractivity contribution >= 4 is 39.4 Å². The molecule has 1 aromatic heterocycles. The van der Waals surface area contributed by atoms with Crippen molar-refractivity contribution in [3.63, 3.8) is 0 Å². The lowest BCUT2D eigenvalue weighted by molar-refractivity contribution is -0.192. The average Bonchev–Trinajstić information content (AvgIpc) is 2.95. The van der Waals surface area contributed by atoms with Crippen LogP contribution in [0.5, 0.6) is 0 Å². The van der Waals surface area contributed by atoms with E-state index in [1.54, 1.807) is 28.7 Å². The van der Waals surface area contributed by atoms with Gasteiger partial charge < -0.3 is 15.5 Å². The summed E-state index contributed by atoms with van der Waals surface area (Å²) in [4.78, 5) is 31.4. The van der Waals surface area contributed by atoms with Gasteiger partial charge in [0.15, 0.2) is 0 Å². The van der Waals surface area contributed by atoms with Crippen LogP contribution >= 0.6 is 21.6 Å². The number of alkyl halides is 3. The largest absolute Gasteiger partial charge is 0.490 e. The zero-order chi connectivity index (χ0) is 21.9. The van der Waals surface area contributed by atoms with Crippen molar-refractivity contribution < 1.29 is 37.8 Å². The standard InChI is InChI=1S/C13H21N3O3S2.C2HF3O2/c1-9(2)10-8-15-16(3)12(10)13(19)14-5-7-21-20-6-4-11(17)18;3-2(4,5)1(6)7/h8-9H,4-7H2,1-3H3,(H,14,19)(H,17,18);(H,6,7). The summed E-state index contributed by atoms with van der Waals surface area (Å²) in [7, 11) is 4.84. The molecule has 1 rings (SSSR count). The Labute approximate surface area is 167 Å². The highest BCUT2D eigenvalue weighted by atomic mass is 33.1. The van der Waals surface area contributed by atoms with Crippen molar-refractivity contribution in [2.45, 2.75) is 32.4 Å². The molecule has 0 saturated carbocycles. The Balaban J connectivity index is 0.000000887. The molecule has 1 aromatic rings. The summed E-state index contributed by atoms with van der Waals surface area (Å²) in [5.41, 5.74) is 1.55. The number of amides is 1. The number of nitrogens with one attached hydrogen (secondary N) is 1. The number of nitrogens with zero attached hydrogens (tertiary/aromatic N) is 2. The molecule has 0 spiro atoms. The lowest BCUT2D eigenvalue weighted by atomic mass is 10.0. The van der Waals surface area contributed by atoms with E-state index < -0.39 is 18.1 Å². The van der Waals surface area contributed by atoms with Gasteiger partial charge in [-0.15, -0.1) is 0 Å². The second-order valence-electron chi connectivity index (χ2n) is 5.57. The van der Waals surface area contributed by atoms with E-state index in [0.717, 1.165) is 11.3 Å². The third-order valence-electron chi connectivity index (χ3n) is 3.00. The number of carboxylic acids is 2. The van der Waals surface area contributed by atoms with Crippen LogP contribution in [0.3, 0.4) is 0 Å². The van der Waals surface area contributed by atoms with Gasteiger partial charge in [0.05, 0.1) is 12.6 Å². The third kappa shape index (κ3) is 10.4. The molecule has 0 aromatic carbocycles. The van der Waals surface area contributed by atoms with Gasteiger partial charge in [-0.2, -0.15) is 18.3 Å². The van der Waals surface area contributed by atoms with Gasteiger partial charge in [-0.3, -0.25) is 14.3 Å². The predicted octanol–water partition coefficient (Wildman–Crippen LogP) is 2.76. The van der Waals surface area contributed by atoms with E-state index in [9.17, 15) is 22.8 Å². The van der Waals surface area contributed by atoms with Crippen molar-refractivity contribution in [2.75, 3.05) is 18.1 Å². The number of aryl methyl sites for hydroxylation is 1. The lowest BCUT2D eigenvalue weighted by Crippen LogP contribution is -2.28. The van der Waals surface area contributed by atoms with Crippen LogP contribution < -0.4 is 5.32 Å². The molecule has 0 fully saturated rings. The molecule has 1 amide bonds. The molecular weight excluding hydrogens is 423 g/mol. The van der Waals surface area contributed by atoms with Crippen molar-refractivity contribution in [1.82, 2.24) is 15.1 Å². The van der Waals surface area contributed by atoms with Crippen LogP contribution in [-0.4, -0.2) is 62.1 Å². The maximum absolute atomic E-state index is 12.2. The third-order valence-corrected chi connectivity index (χ3v) is 5.41. The first-order valence-electron chi connectivity index (χ1n) is 7.94. The lowest BCUT2D eigenvalue weighted by Gasteiger charge is -2.09. The van der Waals surface area contributed by atoms with Crippen LogP contribution in [0.4, 0.5) is 13.2 Å². The van der Waals surface area contributed by atoms with Gasteiger partial charge >= 0.3 is 18.1 Å². The molecule has 28 heavy (non-hydrogen) atoms. The molecule has 1 heterocycles. The Morgan fingerprint density at radius 1 is 1.21 bits per heavy atom. The monoisotopic (exact) mass is 445 g/mol. The second kappa shape index (κ2) is 12.5. The Hall–Kier alpha value is -1.89. The highest BCUT2D eigenvalue weighted by Gasteiger charge is 2.38. The number of aromatic nitrogens is 2. The van der Waals surface area contributed by atoms with Crippen LogP contribution in [-0.2, 0) is 16.6 Å². The van der Waals surface area contributed by atoms with Crippen molar-refractivity contribution in [3.8, 4) is 0 Å². The summed E-state index contributed by atoms with van der Waals surface area (Å²) in [6.45, 7) is 4.61. The molecule has 0 radical (unpaired) electrons. The number of aliphatic carboxylic acids is 2. The van der Waals surface area contributed by atoms with E-state index in [0.29, 0.717) is 18.0 Å². The molecule has 3 N–H and O–H groups in total. The van der Waals surface area contributed by atoms with Gasteiger partial charge in [0, 0.05) is 30.7 Å². The number of halogens is 3. The first-order valence-corrected chi connectivity index (χ1v) is 10.4. The molecule has 0 aliphatic carbocycles. The van der Waals surface area contributed by atoms with Crippen LogP contribution in [0.25, 0.3) is 0 Å². The zero-order valence-electron chi connectivity index (χ0n) is 15.4. The molecule has 0 atom stereocenters. The van der Waals surface area contributed by atoms with Crippen LogP contribution in [0, 0.1) is 0 Å². The van der Waals surface area contributed by atoms with Crippen molar-refractivity contribution in [1.29, 1.82) is 0 Å². The zero-order valence-corrected chi connectivity index (χ0v) is 17.1. The molecule has 8 nitrogen and oxygen atoms in total. The fourth-order valence-electron chi connectivity index (χ4n) is 1.69. The van der Waals surface area contributed by atoms with Crippen molar-refractivity contribution in [2.24, 2.45) is 7.05 Å². The molecule has 0 saturated heterocycles. The van der Waals surface area contributed by atoms with Crippen LogP contribution in [0.1, 0.15) is 42.2 Å². The first-order chi connectivity index (χ1) is 12.9. The van der Waals surface area contributed by atoms with Crippen LogP contribution in [0.15, 0.2) is 6.20 Å². The predicted molar refractivity (Wildman–Crippen MR) is 100 cm³/mol. The number of rotatable bonds is 9. The Morgan fingerprint density at radius 2 is 1.75 bits per heavy atom. The van der Waals surface area contributed by atoms with E-state index in [1.165, 1.54) is 10.8 Å². The van der Waals surface area contributed by atoms with E-state index in [2.05, 4.69) is 10.4 Å². The minimum absolute atomic E-state index is 0.116. The number of hydrogen-bond donors (Lipinski definition) is 3. The highest BCUT2D eigenvalue weighted by Crippen LogP contribution is 2.21. The Kier molecular flexibility index (Phi) is 11.7. The van der Waals surface area contributed by atoms with E-state index in [1.807, 2.05) is 13.8 Å². The van der Waals surface area contributed by atoms with Gasteiger partial charge in [-0.25, -0.2) is 4.79 Å². The summed E-state index contributed by atoms with van der Waals surface area (Å²) in [5, 5.41) is 22.6. The maximum Gasteiger partial charge on any atom is 0.490 e. The highest BCUT2D eigenvalue weighted by molar-refractivity contribution is 8.76. The quantitative estimate of drug-likeness (QED) is 0.392. The molecule has 0 unspecified atom stereocenters. The summed E-state index contributed by atoms with van der Waals surface area (Å²) >= 11 is 0. The minimum Gasteiger partial charge on any atom is -0.481 e. The Morgan fingerprint density at radius 3 is 2.21 bits per heavy atom. The SMILES string of the molecule is CC(C)c1cnn(C)c1C(=O)NCCSSCCC(=O)O.O=C(O)C(F)(F)F. The topological polar surface area (TPSA) is 122 Å². The van der Waals surface area contributed by atoms with Gasteiger partial charge in [0.25, 0.3) is 5.91 Å².